The molecule has 0 spiro atoms. The molecule has 102 valence electrons. The summed E-state index contributed by atoms with van der Waals surface area (Å²) in [5, 5.41) is 8.93. The van der Waals surface area contributed by atoms with Crippen molar-refractivity contribution < 1.29 is 4.74 Å². The van der Waals surface area contributed by atoms with Gasteiger partial charge >= 0.3 is 0 Å². The number of nitrogens with zero attached hydrogens (tertiary/aromatic N) is 2. The van der Waals surface area contributed by atoms with Crippen LogP contribution in [0.3, 0.4) is 0 Å². The standard InChI is InChI=1S/C15H15N3O2/c16-10-12-4-1-2-5-14(12)20-9-3-8-18-11-13(17)6-7-15(18)19/h1-2,4-7,11H,3,8-9,17H2. The molecule has 0 saturated heterocycles. The van der Waals surface area contributed by atoms with Gasteiger partial charge in [0.25, 0.3) is 5.56 Å². The Kier molecular flexibility index (Phi) is 4.40. The van der Waals surface area contributed by atoms with Crippen LogP contribution in [-0.4, -0.2) is 11.2 Å². The molecule has 0 aliphatic carbocycles. The van der Waals surface area contributed by atoms with Gasteiger partial charge in [0, 0.05) is 24.5 Å². The van der Waals surface area contributed by atoms with Gasteiger partial charge in [-0.3, -0.25) is 4.79 Å². The first-order chi connectivity index (χ1) is 9.70. The summed E-state index contributed by atoms with van der Waals surface area (Å²) in [7, 11) is 0. The maximum atomic E-state index is 11.6. The molecule has 0 atom stereocenters. The molecule has 0 amide bonds. The summed E-state index contributed by atoms with van der Waals surface area (Å²) in [4.78, 5) is 11.6. The average molecular weight is 269 g/mol. The minimum Gasteiger partial charge on any atom is -0.492 e. The summed E-state index contributed by atoms with van der Waals surface area (Å²) >= 11 is 0. The van der Waals surface area contributed by atoms with Gasteiger partial charge in [-0.25, -0.2) is 0 Å². The van der Waals surface area contributed by atoms with E-state index in [1.807, 2.05) is 6.07 Å². The molecule has 20 heavy (non-hydrogen) atoms. The zero-order chi connectivity index (χ0) is 14.4. The highest BCUT2D eigenvalue weighted by Crippen LogP contribution is 2.16. The van der Waals surface area contributed by atoms with Crippen molar-refractivity contribution in [2.75, 3.05) is 12.3 Å². The predicted octanol–water partition coefficient (Wildman–Crippen LogP) is 1.77. The van der Waals surface area contributed by atoms with Crippen LogP contribution >= 0.6 is 0 Å². The SMILES string of the molecule is N#Cc1ccccc1OCCCn1cc(N)ccc1=O. The number of nitrogens with two attached hydrogens (primary N) is 1. The Morgan fingerprint density at radius 1 is 1.25 bits per heavy atom. The molecule has 5 heteroatoms. The van der Waals surface area contributed by atoms with Crippen molar-refractivity contribution in [1.82, 2.24) is 4.57 Å². The summed E-state index contributed by atoms with van der Waals surface area (Å²) in [5.74, 6) is 0.565. The number of para-hydroxylation sites is 1. The molecule has 2 N–H and O–H groups in total. The van der Waals surface area contributed by atoms with Crippen LogP contribution < -0.4 is 16.0 Å². The maximum Gasteiger partial charge on any atom is 0.250 e. The van der Waals surface area contributed by atoms with Gasteiger partial charge in [0.15, 0.2) is 0 Å². The third-order valence-electron chi connectivity index (χ3n) is 2.81. The molecule has 0 aliphatic heterocycles. The highest BCUT2D eigenvalue weighted by atomic mass is 16.5. The van der Waals surface area contributed by atoms with Crippen LogP contribution in [0, 0.1) is 11.3 Å². The van der Waals surface area contributed by atoms with E-state index >= 15 is 0 Å². The Balaban J connectivity index is 1.90. The van der Waals surface area contributed by atoms with Crippen LogP contribution in [0.2, 0.25) is 0 Å². The van der Waals surface area contributed by atoms with Gasteiger partial charge in [-0.2, -0.15) is 5.26 Å². The monoisotopic (exact) mass is 269 g/mol. The topological polar surface area (TPSA) is 81.0 Å². The van der Waals surface area contributed by atoms with E-state index < -0.39 is 0 Å². The number of aromatic nitrogens is 1. The number of hydrogen-bond donors (Lipinski definition) is 1. The first-order valence-corrected chi connectivity index (χ1v) is 6.28. The number of nitrogen functional groups attached to an aromatic ring is 1. The molecular formula is C15H15N3O2. The molecule has 0 unspecified atom stereocenters. The van der Waals surface area contributed by atoms with Crippen molar-refractivity contribution in [1.29, 1.82) is 5.26 Å². The number of pyridine rings is 1. The van der Waals surface area contributed by atoms with Gasteiger partial charge in [0.2, 0.25) is 0 Å². The van der Waals surface area contributed by atoms with Crippen molar-refractivity contribution >= 4 is 5.69 Å². The van der Waals surface area contributed by atoms with E-state index in [0.717, 1.165) is 0 Å². The molecule has 5 nitrogen and oxygen atoms in total. The predicted molar refractivity (Wildman–Crippen MR) is 76.4 cm³/mol. The van der Waals surface area contributed by atoms with Crippen LogP contribution in [-0.2, 0) is 6.54 Å². The maximum absolute atomic E-state index is 11.6. The molecular weight excluding hydrogens is 254 g/mol. The van der Waals surface area contributed by atoms with Gasteiger partial charge in [-0.05, 0) is 24.6 Å². The molecule has 0 fully saturated rings. The van der Waals surface area contributed by atoms with Crippen molar-refractivity contribution in [2.24, 2.45) is 0 Å². The number of rotatable bonds is 5. The summed E-state index contributed by atoms with van der Waals surface area (Å²) in [5.41, 5.74) is 6.61. The summed E-state index contributed by atoms with van der Waals surface area (Å²) in [6.45, 7) is 0.957. The largest absolute Gasteiger partial charge is 0.492 e. The number of anilines is 1. The number of aryl methyl sites for hydroxylation is 1. The highest BCUT2D eigenvalue weighted by Gasteiger charge is 2.02. The second kappa shape index (κ2) is 6.43. The second-order valence-electron chi connectivity index (χ2n) is 4.30. The lowest BCUT2D eigenvalue weighted by Crippen LogP contribution is -2.20. The molecule has 1 heterocycles. The summed E-state index contributed by atoms with van der Waals surface area (Å²) in [6, 6.07) is 12.2. The third kappa shape index (κ3) is 3.39. The first kappa shape index (κ1) is 13.7. The molecule has 0 saturated carbocycles. The van der Waals surface area contributed by atoms with Crippen molar-refractivity contribution in [2.45, 2.75) is 13.0 Å². The molecule has 2 rings (SSSR count). The molecule has 1 aromatic heterocycles. The lowest BCUT2D eigenvalue weighted by molar-refractivity contribution is 0.300. The number of benzene rings is 1. The van der Waals surface area contributed by atoms with Crippen LogP contribution in [0.4, 0.5) is 5.69 Å². The van der Waals surface area contributed by atoms with Crippen molar-refractivity contribution in [3.8, 4) is 11.8 Å². The zero-order valence-corrected chi connectivity index (χ0v) is 11.0. The van der Waals surface area contributed by atoms with Crippen LogP contribution in [0.5, 0.6) is 5.75 Å². The molecule has 0 aliphatic rings. The normalized spacial score (nSPS) is 9.95. The van der Waals surface area contributed by atoms with E-state index in [2.05, 4.69) is 6.07 Å². The van der Waals surface area contributed by atoms with Gasteiger partial charge in [-0.1, -0.05) is 12.1 Å². The van der Waals surface area contributed by atoms with Crippen molar-refractivity contribution in [3.63, 3.8) is 0 Å². The van der Waals surface area contributed by atoms with Crippen molar-refractivity contribution in [3.05, 3.63) is 58.5 Å². The number of ether oxygens (including phenoxy) is 1. The van der Waals surface area contributed by atoms with Gasteiger partial charge in [0.1, 0.15) is 11.8 Å². The van der Waals surface area contributed by atoms with Crippen LogP contribution in [0.1, 0.15) is 12.0 Å². The first-order valence-electron chi connectivity index (χ1n) is 6.28. The Labute approximate surface area is 116 Å². The minimum absolute atomic E-state index is 0.0865. The van der Waals surface area contributed by atoms with E-state index in [-0.39, 0.29) is 5.56 Å². The fourth-order valence-corrected chi connectivity index (χ4v) is 1.83. The van der Waals surface area contributed by atoms with E-state index in [0.29, 0.717) is 36.6 Å². The van der Waals surface area contributed by atoms with Gasteiger partial charge in [-0.15, -0.1) is 0 Å². The minimum atomic E-state index is -0.0865. The summed E-state index contributed by atoms with van der Waals surface area (Å²) < 4.78 is 7.10. The van der Waals surface area contributed by atoms with E-state index in [1.165, 1.54) is 6.07 Å². The average Bonchev–Trinajstić information content (AvgIpc) is 2.47. The molecule has 1 aromatic carbocycles. The Morgan fingerprint density at radius 3 is 2.85 bits per heavy atom. The van der Waals surface area contributed by atoms with E-state index in [4.69, 9.17) is 15.7 Å². The Bertz CT molecular complexity index is 686. The Morgan fingerprint density at radius 2 is 2.05 bits per heavy atom. The fraction of sp³-hybridized carbons (Fsp3) is 0.200. The quantitative estimate of drug-likeness (QED) is 0.839. The van der Waals surface area contributed by atoms with E-state index in [9.17, 15) is 4.79 Å². The van der Waals surface area contributed by atoms with Crippen LogP contribution in [0.15, 0.2) is 47.4 Å². The molecule has 0 radical (unpaired) electrons. The van der Waals surface area contributed by atoms with E-state index in [1.54, 1.807) is 35.0 Å². The number of hydrogen-bond acceptors (Lipinski definition) is 4. The lowest BCUT2D eigenvalue weighted by atomic mass is 10.2. The smallest absolute Gasteiger partial charge is 0.250 e. The third-order valence-corrected chi connectivity index (χ3v) is 2.81. The van der Waals surface area contributed by atoms with Gasteiger partial charge in [0.05, 0.1) is 12.2 Å². The molecule has 2 aromatic rings. The number of nitriles is 1. The highest BCUT2D eigenvalue weighted by molar-refractivity contribution is 5.42. The second-order valence-corrected chi connectivity index (χ2v) is 4.30. The zero-order valence-electron chi connectivity index (χ0n) is 11.0. The lowest BCUT2D eigenvalue weighted by Gasteiger charge is -2.09. The van der Waals surface area contributed by atoms with Gasteiger partial charge < -0.3 is 15.0 Å². The summed E-state index contributed by atoms with van der Waals surface area (Å²) in [6.07, 6.45) is 2.27. The molecule has 0 bridgehead atoms. The fourth-order valence-electron chi connectivity index (χ4n) is 1.83. The van der Waals surface area contributed by atoms with Crippen LogP contribution in [0.25, 0.3) is 0 Å². The Hall–Kier alpha value is -2.74.